The number of aliphatic carboxylic acids is 1. The lowest BCUT2D eigenvalue weighted by atomic mass is 9.86. The third-order valence-electron chi connectivity index (χ3n) is 6.73. The zero-order valence-electron chi connectivity index (χ0n) is 16.6. The fraction of sp³-hybridized carbons (Fsp3) is 0.591. The minimum atomic E-state index is -1.17. The maximum Gasteiger partial charge on any atom is 0.410 e. The highest BCUT2D eigenvalue weighted by atomic mass is 16.6. The number of hydrogen-bond donors (Lipinski definition) is 1. The summed E-state index contributed by atoms with van der Waals surface area (Å²) in [6, 6.07) is 8.09. The summed E-state index contributed by atoms with van der Waals surface area (Å²) in [6.45, 7) is 1.76. The summed E-state index contributed by atoms with van der Waals surface area (Å²) in [5.41, 5.74) is 1.28. The minimum absolute atomic E-state index is 0.0787. The van der Waals surface area contributed by atoms with E-state index in [1.807, 2.05) is 35.2 Å². The molecule has 7 heteroatoms. The molecular weight excluding hydrogens is 372 g/mol. The number of carbonyl (C=O) groups excluding carboxylic acids is 2. The summed E-state index contributed by atoms with van der Waals surface area (Å²) in [4.78, 5) is 40.8. The first-order valence-electron chi connectivity index (χ1n) is 10.5. The first kappa shape index (κ1) is 19.7. The van der Waals surface area contributed by atoms with E-state index in [0.717, 1.165) is 18.4 Å². The first-order valence-corrected chi connectivity index (χ1v) is 10.5. The molecule has 1 saturated carbocycles. The van der Waals surface area contributed by atoms with Crippen LogP contribution in [0.3, 0.4) is 0 Å². The lowest BCUT2D eigenvalue weighted by molar-refractivity contribution is -0.154. The Morgan fingerprint density at radius 2 is 1.72 bits per heavy atom. The Labute approximate surface area is 170 Å². The fourth-order valence-corrected chi connectivity index (χ4v) is 4.68. The Bertz CT molecular complexity index is 767. The van der Waals surface area contributed by atoms with Crippen molar-refractivity contribution in [3.63, 3.8) is 0 Å². The van der Waals surface area contributed by atoms with Gasteiger partial charge in [0.05, 0.1) is 5.92 Å². The largest absolute Gasteiger partial charge is 0.480 e. The van der Waals surface area contributed by atoms with E-state index >= 15 is 0 Å². The molecule has 1 aromatic carbocycles. The van der Waals surface area contributed by atoms with Crippen molar-refractivity contribution in [3.05, 3.63) is 35.9 Å². The average Bonchev–Trinajstić information content (AvgIpc) is 3.51. The van der Waals surface area contributed by atoms with Gasteiger partial charge in [0.15, 0.2) is 0 Å². The van der Waals surface area contributed by atoms with Gasteiger partial charge >= 0.3 is 12.1 Å². The Morgan fingerprint density at radius 1 is 1.03 bits per heavy atom. The van der Waals surface area contributed by atoms with Crippen LogP contribution in [0.5, 0.6) is 0 Å². The predicted molar refractivity (Wildman–Crippen MR) is 105 cm³/mol. The highest BCUT2D eigenvalue weighted by Gasteiger charge is 2.48. The summed E-state index contributed by atoms with van der Waals surface area (Å²) >= 11 is 0. The molecule has 1 aliphatic carbocycles. The van der Waals surface area contributed by atoms with Gasteiger partial charge in [0.2, 0.25) is 5.91 Å². The molecule has 1 N–H and O–H groups in total. The predicted octanol–water partition coefficient (Wildman–Crippen LogP) is 2.89. The molecule has 29 heavy (non-hydrogen) atoms. The first-order chi connectivity index (χ1) is 14.0. The van der Waals surface area contributed by atoms with Crippen molar-refractivity contribution in [2.75, 3.05) is 19.6 Å². The number of rotatable bonds is 4. The number of benzene rings is 1. The number of likely N-dealkylation sites (tertiary alicyclic amines) is 2. The molecule has 156 valence electrons. The SMILES string of the molecule is O=C(O)[C@H]1[C@@H](C(=O)N2CCC3(CC2)CC3)CCCN1C(=O)OCc1ccccc1. The van der Waals surface area contributed by atoms with Gasteiger partial charge in [-0.15, -0.1) is 0 Å². The van der Waals surface area contributed by atoms with Crippen molar-refractivity contribution in [2.24, 2.45) is 11.3 Å². The smallest absolute Gasteiger partial charge is 0.410 e. The van der Waals surface area contributed by atoms with E-state index in [0.29, 0.717) is 31.3 Å². The van der Waals surface area contributed by atoms with Gasteiger partial charge in [-0.2, -0.15) is 0 Å². The molecule has 0 radical (unpaired) electrons. The Hall–Kier alpha value is -2.57. The summed E-state index contributed by atoms with van der Waals surface area (Å²) in [5.74, 6) is -1.98. The third kappa shape index (κ3) is 4.23. The van der Waals surface area contributed by atoms with Gasteiger partial charge in [-0.1, -0.05) is 30.3 Å². The second-order valence-electron chi connectivity index (χ2n) is 8.59. The molecule has 2 aliphatic heterocycles. The van der Waals surface area contributed by atoms with Crippen molar-refractivity contribution < 1.29 is 24.2 Å². The molecule has 1 spiro atoms. The van der Waals surface area contributed by atoms with Crippen LogP contribution in [0, 0.1) is 11.3 Å². The van der Waals surface area contributed by atoms with Gasteiger partial charge in [-0.3, -0.25) is 9.69 Å². The number of carboxylic acid groups (broad SMARTS) is 1. The molecule has 2 amide bonds. The molecule has 0 bridgehead atoms. The Kier molecular flexibility index (Phi) is 5.48. The normalized spacial score (nSPS) is 25.5. The van der Waals surface area contributed by atoms with Gasteiger partial charge in [0.1, 0.15) is 12.6 Å². The van der Waals surface area contributed by atoms with E-state index in [2.05, 4.69) is 0 Å². The van der Waals surface area contributed by atoms with Crippen molar-refractivity contribution in [2.45, 2.75) is 51.2 Å². The number of piperidine rings is 2. The number of hydrogen-bond acceptors (Lipinski definition) is 4. The average molecular weight is 400 g/mol. The molecule has 3 aliphatic rings. The lowest BCUT2D eigenvalue weighted by Crippen LogP contribution is -2.57. The molecule has 0 aromatic heterocycles. The molecule has 0 unspecified atom stereocenters. The van der Waals surface area contributed by atoms with Gasteiger partial charge in [0.25, 0.3) is 0 Å². The maximum atomic E-state index is 13.1. The van der Waals surface area contributed by atoms with Crippen LogP contribution in [-0.2, 0) is 20.9 Å². The molecule has 4 rings (SSSR count). The van der Waals surface area contributed by atoms with Crippen LogP contribution in [0.1, 0.15) is 44.1 Å². The molecule has 3 fully saturated rings. The third-order valence-corrected chi connectivity index (χ3v) is 6.73. The van der Waals surface area contributed by atoms with Crippen molar-refractivity contribution in [1.82, 2.24) is 9.80 Å². The van der Waals surface area contributed by atoms with Crippen LogP contribution in [0.15, 0.2) is 30.3 Å². The van der Waals surface area contributed by atoms with Crippen LogP contribution in [0.2, 0.25) is 0 Å². The van der Waals surface area contributed by atoms with Gasteiger partial charge in [-0.25, -0.2) is 9.59 Å². The van der Waals surface area contributed by atoms with E-state index in [1.54, 1.807) is 0 Å². The molecular formula is C22H28N2O5. The van der Waals surface area contributed by atoms with E-state index in [9.17, 15) is 19.5 Å². The zero-order chi connectivity index (χ0) is 20.4. The second-order valence-corrected chi connectivity index (χ2v) is 8.59. The van der Waals surface area contributed by atoms with Gasteiger partial charge in [0, 0.05) is 19.6 Å². The summed E-state index contributed by atoms with van der Waals surface area (Å²) in [6.07, 6.45) is 4.92. The summed E-state index contributed by atoms with van der Waals surface area (Å²) < 4.78 is 5.36. The van der Waals surface area contributed by atoms with E-state index < -0.39 is 24.0 Å². The van der Waals surface area contributed by atoms with E-state index in [4.69, 9.17) is 4.74 Å². The highest BCUT2D eigenvalue weighted by Crippen LogP contribution is 2.53. The zero-order valence-corrected chi connectivity index (χ0v) is 16.6. The van der Waals surface area contributed by atoms with Crippen LogP contribution >= 0.6 is 0 Å². The number of ether oxygens (including phenoxy) is 1. The standard InChI is InChI=1S/C22H28N2O5/c25-19(23-13-10-22(8-9-22)11-14-23)17-7-4-12-24(18(17)20(26)27)21(28)29-15-16-5-2-1-3-6-16/h1-3,5-6,17-18H,4,7-15H2,(H,26,27)/t17-,18+/m0/s1. The van der Waals surface area contributed by atoms with Gasteiger partial charge in [-0.05, 0) is 49.5 Å². The van der Waals surface area contributed by atoms with Gasteiger partial charge < -0.3 is 14.7 Å². The highest BCUT2D eigenvalue weighted by molar-refractivity contribution is 5.89. The summed E-state index contributed by atoms with van der Waals surface area (Å²) in [5, 5.41) is 9.83. The number of carbonyl (C=O) groups is 3. The van der Waals surface area contributed by atoms with E-state index in [-0.39, 0.29) is 19.1 Å². The monoisotopic (exact) mass is 400 g/mol. The van der Waals surface area contributed by atoms with Crippen LogP contribution in [0.4, 0.5) is 4.79 Å². The molecule has 2 saturated heterocycles. The molecule has 2 atom stereocenters. The quantitative estimate of drug-likeness (QED) is 0.840. The van der Waals surface area contributed by atoms with Crippen molar-refractivity contribution >= 4 is 18.0 Å². The van der Waals surface area contributed by atoms with Crippen molar-refractivity contribution in [1.29, 1.82) is 0 Å². The Balaban J connectivity index is 1.41. The summed E-state index contributed by atoms with van der Waals surface area (Å²) in [7, 11) is 0. The maximum absolute atomic E-state index is 13.1. The van der Waals surface area contributed by atoms with Crippen LogP contribution < -0.4 is 0 Å². The van der Waals surface area contributed by atoms with Crippen molar-refractivity contribution in [3.8, 4) is 0 Å². The number of amides is 2. The number of nitrogens with zero attached hydrogens (tertiary/aromatic N) is 2. The molecule has 7 nitrogen and oxygen atoms in total. The topological polar surface area (TPSA) is 87.2 Å². The second kappa shape index (κ2) is 8.05. The molecule has 1 aromatic rings. The van der Waals surface area contributed by atoms with E-state index in [1.165, 1.54) is 17.7 Å². The lowest BCUT2D eigenvalue weighted by Gasteiger charge is -2.41. The van der Waals surface area contributed by atoms with Crippen LogP contribution in [-0.4, -0.2) is 58.6 Å². The molecule has 2 heterocycles. The Morgan fingerprint density at radius 3 is 2.34 bits per heavy atom. The van der Waals surface area contributed by atoms with Crippen LogP contribution in [0.25, 0.3) is 0 Å². The fourth-order valence-electron chi connectivity index (χ4n) is 4.68. The minimum Gasteiger partial charge on any atom is -0.480 e. The number of carboxylic acids is 1.